The molecule has 186 valence electrons. The number of halogens is 3. The van der Waals surface area contributed by atoms with Crippen molar-refractivity contribution in [3.05, 3.63) is 52.3 Å². The summed E-state index contributed by atoms with van der Waals surface area (Å²) in [5.41, 5.74) is 1.06. The molecule has 7 nitrogen and oxygen atoms in total. The van der Waals surface area contributed by atoms with Gasteiger partial charge in [-0.1, -0.05) is 13.8 Å². The summed E-state index contributed by atoms with van der Waals surface area (Å²) >= 11 is 0. The topological polar surface area (TPSA) is 80.6 Å². The number of nitrogens with one attached hydrogen (secondary N) is 1. The van der Waals surface area contributed by atoms with E-state index in [1.165, 1.54) is 12.0 Å². The minimum absolute atomic E-state index is 0.0271. The highest BCUT2D eigenvalue weighted by Gasteiger charge is 2.31. The van der Waals surface area contributed by atoms with Crippen LogP contribution in [0.5, 0.6) is 0 Å². The summed E-state index contributed by atoms with van der Waals surface area (Å²) in [7, 11) is 1.27. The number of amides is 2. The van der Waals surface area contributed by atoms with Crippen LogP contribution in [-0.4, -0.2) is 47.4 Å². The third kappa shape index (κ3) is 5.98. The fourth-order valence-corrected chi connectivity index (χ4v) is 3.92. The maximum absolute atomic E-state index is 13.3. The van der Waals surface area contributed by atoms with E-state index < -0.39 is 23.7 Å². The molecule has 0 atom stereocenters. The van der Waals surface area contributed by atoms with E-state index in [4.69, 9.17) is 4.74 Å². The normalized spacial score (nSPS) is 11.5. The lowest BCUT2D eigenvalue weighted by atomic mass is 10.0. The Kier molecular flexibility index (Phi) is 8.52. The Hall–Kier alpha value is -3.30. The van der Waals surface area contributed by atoms with Gasteiger partial charge in [-0.2, -0.15) is 13.2 Å². The van der Waals surface area contributed by atoms with Crippen LogP contribution in [0.25, 0.3) is 0 Å². The molecule has 0 spiro atoms. The summed E-state index contributed by atoms with van der Waals surface area (Å²) in [4.78, 5) is 39.8. The lowest BCUT2D eigenvalue weighted by Gasteiger charge is -2.24. The largest absolute Gasteiger partial charge is 0.464 e. The van der Waals surface area contributed by atoms with Gasteiger partial charge in [0.05, 0.1) is 19.2 Å². The number of nitrogens with zero attached hydrogens (tertiary/aromatic N) is 2. The molecule has 0 radical (unpaired) electrons. The number of anilines is 1. The van der Waals surface area contributed by atoms with Gasteiger partial charge in [0.25, 0.3) is 0 Å². The van der Waals surface area contributed by atoms with Crippen molar-refractivity contribution in [2.24, 2.45) is 5.92 Å². The zero-order valence-electron chi connectivity index (χ0n) is 20.2. The zero-order chi connectivity index (χ0) is 25.8. The first-order valence-electron chi connectivity index (χ1n) is 10.9. The maximum atomic E-state index is 13.3. The van der Waals surface area contributed by atoms with Crippen molar-refractivity contribution >= 4 is 23.5 Å². The first-order chi connectivity index (χ1) is 15.8. The molecular formula is C24H30F3N3O4. The highest BCUT2D eigenvalue weighted by Crippen LogP contribution is 2.30. The van der Waals surface area contributed by atoms with Gasteiger partial charge in [-0.3, -0.25) is 4.79 Å². The molecule has 0 aliphatic rings. The number of carbonyl (C=O) groups excluding carboxylic acids is 3. The number of Topliss-reactive ketones (excluding diaryl/α,β-unsaturated/α-hetero) is 1. The van der Waals surface area contributed by atoms with Crippen molar-refractivity contribution in [2.75, 3.05) is 25.5 Å². The van der Waals surface area contributed by atoms with Crippen LogP contribution in [0.4, 0.5) is 23.7 Å². The minimum atomic E-state index is -4.48. The molecule has 1 heterocycles. The zero-order valence-corrected chi connectivity index (χ0v) is 20.2. The van der Waals surface area contributed by atoms with Crippen LogP contribution in [0.15, 0.2) is 24.3 Å². The van der Waals surface area contributed by atoms with Crippen LogP contribution in [0, 0.1) is 19.8 Å². The lowest BCUT2D eigenvalue weighted by Crippen LogP contribution is -2.41. The SMILES string of the molecule is CCn1c(C)c(C(=O)CN(CC(C)C)C(=O)Nc2ccc(C(F)(F)F)cc2)c(C)c1C(=O)OC. The van der Waals surface area contributed by atoms with E-state index in [0.29, 0.717) is 23.4 Å². The Balaban J connectivity index is 2.30. The van der Waals surface area contributed by atoms with Crippen molar-refractivity contribution in [1.82, 2.24) is 9.47 Å². The molecule has 1 N–H and O–H groups in total. The Bertz CT molecular complexity index is 1060. The van der Waals surface area contributed by atoms with E-state index in [2.05, 4.69) is 5.32 Å². The number of ether oxygens (including phenoxy) is 1. The van der Waals surface area contributed by atoms with Crippen LogP contribution < -0.4 is 5.32 Å². The van der Waals surface area contributed by atoms with E-state index in [0.717, 1.165) is 24.3 Å². The van der Waals surface area contributed by atoms with Crippen LogP contribution in [-0.2, 0) is 17.5 Å². The molecule has 2 rings (SSSR count). The molecule has 2 amide bonds. The summed E-state index contributed by atoms with van der Waals surface area (Å²) in [6.07, 6.45) is -4.48. The number of carbonyl (C=O) groups is 3. The summed E-state index contributed by atoms with van der Waals surface area (Å²) in [6.45, 7) is 9.42. The van der Waals surface area contributed by atoms with Gasteiger partial charge in [0.15, 0.2) is 5.78 Å². The molecule has 1 aromatic heterocycles. The van der Waals surface area contributed by atoms with E-state index in [1.54, 1.807) is 18.4 Å². The standard InChI is InChI=1S/C24H30F3N3O4/c1-7-30-16(5)20(15(4)21(30)22(32)34-6)19(31)13-29(12-14(2)3)23(33)28-18-10-8-17(9-11-18)24(25,26)27/h8-11,14H,7,12-13H2,1-6H3,(H,28,33). The summed E-state index contributed by atoms with van der Waals surface area (Å²) in [5, 5.41) is 2.56. The fraction of sp³-hybridized carbons (Fsp3) is 0.458. The number of hydrogen-bond acceptors (Lipinski definition) is 4. The van der Waals surface area contributed by atoms with Gasteiger partial charge < -0.3 is 19.5 Å². The van der Waals surface area contributed by atoms with Gasteiger partial charge in [-0.15, -0.1) is 0 Å². The van der Waals surface area contributed by atoms with Crippen molar-refractivity contribution in [3.8, 4) is 0 Å². The summed E-state index contributed by atoms with van der Waals surface area (Å²) in [6, 6.07) is 3.47. The third-order valence-corrected chi connectivity index (χ3v) is 5.41. The van der Waals surface area contributed by atoms with Crippen molar-refractivity contribution in [2.45, 2.75) is 47.3 Å². The summed E-state index contributed by atoms with van der Waals surface area (Å²) in [5.74, 6) is -0.879. The molecule has 0 aliphatic carbocycles. The highest BCUT2D eigenvalue weighted by atomic mass is 19.4. The quantitative estimate of drug-likeness (QED) is 0.410. The van der Waals surface area contributed by atoms with Gasteiger partial charge in [-0.25, -0.2) is 9.59 Å². The van der Waals surface area contributed by atoms with Crippen molar-refractivity contribution in [3.63, 3.8) is 0 Å². The molecule has 0 aliphatic heterocycles. The molecule has 0 saturated heterocycles. The second kappa shape index (κ2) is 10.8. The number of aromatic nitrogens is 1. The number of esters is 1. The second-order valence-corrected chi connectivity index (χ2v) is 8.37. The number of urea groups is 1. The summed E-state index contributed by atoms with van der Waals surface area (Å²) < 4.78 is 44.9. The van der Waals surface area contributed by atoms with Crippen molar-refractivity contribution < 1.29 is 32.3 Å². The van der Waals surface area contributed by atoms with E-state index in [-0.39, 0.29) is 36.2 Å². The predicted octanol–water partition coefficient (Wildman–Crippen LogP) is 5.30. The molecular weight excluding hydrogens is 451 g/mol. The number of methoxy groups -OCH3 is 1. The molecule has 0 fully saturated rings. The molecule has 2 aromatic rings. The Morgan fingerprint density at radius 1 is 1.12 bits per heavy atom. The molecule has 0 saturated carbocycles. The second-order valence-electron chi connectivity index (χ2n) is 8.37. The Morgan fingerprint density at radius 3 is 2.18 bits per heavy atom. The van der Waals surface area contributed by atoms with E-state index in [9.17, 15) is 27.6 Å². The Morgan fingerprint density at radius 2 is 1.71 bits per heavy atom. The van der Waals surface area contributed by atoms with E-state index in [1.807, 2.05) is 20.8 Å². The van der Waals surface area contributed by atoms with Crippen LogP contribution in [0.1, 0.15) is 58.4 Å². The van der Waals surface area contributed by atoms with Crippen LogP contribution >= 0.6 is 0 Å². The fourth-order valence-electron chi connectivity index (χ4n) is 3.92. The van der Waals surface area contributed by atoms with E-state index >= 15 is 0 Å². The maximum Gasteiger partial charge on any atom is 0.416 e. The van der Waals surface area contributed by atoms with Gasteiger partial charge in [0, 0.05) is 30.0 Å². The number of alkyl halides is 3. The van der Waals surface area contributed by atoms with Crippen LogP contribution in [0.3, 0.4) is 0 Å². The number of hydrogen-bond donors (Lipinski definition) is 1. The smallest absolute Gasteiger partial charge is 0.416 e. The average Bonchev–Trinajstić information content (AvgIpc) is 3.01. The first kappa shape index (κ1) is 26.9. The average molecular weight is 482 g/mol. The molecule has 1 aromatic carbocycles. The molecule has 0 unspecified atom stereocenters. The minimum Gasteiger partial charge on any atom is -0.464 e. The lowest BCUT2D eigenvalue weighted by molar-refractivity contribution is -0.137. The van der Waals surface area contributed by atoms with Gasteiger partial charge in [-0.05, 0) is 56.5 Å². The monoisotopic (exact) mass is 481 g/mol. The van der Waals surface area contributed by atoms with Crippen molar-refractivity contribution in [1.29, 1.82) is 0 Å². The number of rotatable bonds is 8. The number of benzene rings is 1. The predicted molar refractivity (Wildman–Crippen MR) is 122 cm³/mol. The van der Waals surface area contributed by atoms with Gasteiger partial charge in [0.1, 0.15) is 5.69 Å². The Labute approximate surface area is 196 Å². The van der Waals surface area contributed by atoms with Gasteiger partial charge in [0.2, 0.25) is 0 Å². The molecule has 10 heteroatoms. The van der Waals surface area contributed by atoms with Gasteiger partial charge >= 0.3 is 18.2 Å². The highest BCUT2D eigenvalue weighted by molar-refractivity contribution is 6.05. The van der Waals surface area contributed by atoms with Crippen LogP contribution in [0.2, 0.25) is 0 Å². The first-order valence-corrected chi connectivity index (χ1v) is 10.9. The molecule has 34 heavy (non-hydrogen) atoms. The third-order valence-electron chi connectivity index (χ3n) is 5.41. The number of ketones is 1. The molecule has 0 bridgehead atoms.